The molecule has 0 unspecified atom stereocenters. The van der Waals surface area contributed by atoms with Gasteiger partial charge in [0.05, 0.1) is 27.5 Å². The fourth-order valence-electron chi connectivity index (χ4n) is 2.17. The van der Waals surface area contributed by atoms with Crippen LogP contribution in [0.3, 0.4) is 0 Å². The van der Waals surface area contributed by atoms with Crippen LogP contribution in [0.4, 0.5) is 0 Å². The van der Waals surface area contributed by atoms with E-state index in [9.17, 15) is 4.79 Å². The smallest absolute Gasteiger partial charge is 0.271 e. The number of rotatable bonds is 6. The Morgan fingerprint density at radius 2 is 1.67 bits per heavy atom. The summed E-state index contributed by atoms with van der Waals surface area (Å²) in [7, 11) is 4.64. The quantitative estimate of drug-likeness (QED) is 0.654. The molecule has 0 aliphatic rings. The Morgan fingerprint density at radius 3 is 2.29 bits per heavy atom. The number of amides is 1. The maximum Gasteiger partial charge on any atom is 0.271 e. The van der Waals surface area contributed by atoms with E-state index in [0.29, 0.717) is 28.4 Å². The van der Waals surface area contributed by atoms with E-state index in [4.69, 9.17) is 14.2 Å². The maximum atomic E-state index is 12.1. The third kappa shape index (κ3) is 4.04. The Kier molecular flexibility index (Phi) is 5.78. The van der Waals surface area contributed by atoms with Gasteiger partial charge in [-0.2, -0.15) is 5.10 Å². The van der Waals surface area contributed by atoms with Crippen LogP contribution in [0.1, 0.15) is 21.5 Å². The number of nitrogens with one attached hydrogen (secondary N) is 1. The Morgan fingerprint density at radius 1 is 1.00 bits per heavy atom. The van der Waals surface area contributed by atoms with Crippen molar-refractivity contribution in [2.24, 2.45) is 5.10 Å². The van der Waals surface area contributed by atoms with E-state index < -0.39 is 0 Å². The molecule has 2 aromatic carbocycles. The van der Waals surface area contributed by atoms with Crippen molar-refractivity contribution in [3.8, 4) is 17.2 Å². The molecule has 0 aromatic heterocycles. The van der Waals surface area contributed by atoms with Gasteiger partial charge in [-0.1, -0.05) is 17.7 Å². The van der Waals surface area contributed by atoms with E-state index >= 15 is 0 Å². The summed E-state index contributed by atoms with van der Waals surface area (Å²) in [6, 6.07) is 10.7. The molecule has 0 bridgehead atoms. The summed E-state index contributed by atoms with van der Waals surface area (Å²) < 4.78 is 15.8. The fraction of sp³-hybridized carbons (Fsp3) is 0.222. The Labute approximate surface area is 141 Å². The summed E-state index contributed by atoms with van der Waals surface area (Å²) in [6.45, 7) is 1.93. The highest BCUT2D eigenvalue weighted by Crippen LogP contribution is 2.33. The number of benzene rings is 2. The molecular formula is C18H20N2O4. The summed E-state index contributed by atoms with van der Waals surface area (Å²) in [5, 5.41) is 3.99. The third-order valence-corrected chi connectivity index (χ3v) is 3.39. The topological polar surface area (TPSA) is 69.2 Å². The van der Waals surface area contributed by atoms with Gasteiger partial charge >= 0.3 is 0 Å². The van der Waals surface area contributed by atoms with Crippen LogP contribution in [0.25, 0.3) is 0 Å². The molecule has 0 atom stereocenters. The number of aryl methyl sites for hydroxylation is 1. The number of ether oxygens (including phenoxy) is 3. The van der Waals surface area contributed by atoms with E-state index in [0.717, 1.165) is 5.56 Å². The molecule has 6 nitrogen and oxygen atoms in total. The molecule has 2 aromatic rings. The van der Waals surface area contributed by atoms with Crippen LogP contribution in [0.5, 0.6) is 17.2 Å². The number of carbonyl (C=O) groups excluding carboxylic acids is 1. The monoisotopic (exact) mass is 328 g/mol. The summed E-state index contributed by atoms with van der Waals surface area (Å²) in [5.41, 5.74) is 4.70. The number of hydrazone groups is 1. The predicted molar refractivity (Wildman–Crippen MR) is 92.3 cm³/mol. The van der Waals surface area contributed by atoms with Crippen LogP contribution in [-0.4, -0.2) is 33.5 Å². The van der Waals surface area contributed by atoms with Crippen LogP contribution >= 0.6 is 0 Å². The molecule has 0 aliphatic heterocycles. The van der Waals surface area contributed by atoms with Gasteiger partial charge in [0.2, 0.25) is 0 Å². The molecule has 2 rings (SSSR count). The zero-order valence-corrected chi connectivity index (χ0v) is 14.1. The van der Waals surface area contributed by atoms with Crippen molar-refractivity contribution in [2.45, 2.75) is 6.92 Å². The van der Waals surface area contributed by atoms with E-state index in [1.54, 1.807) is 45.6 Å². The van der Waals surface area contributed by atoms with Crippen molar-refractivity contribution in [3.05, 3.63) is 53.1 Å². The van der Waals surface area contributed by atoms with Gasteiger partial charge in [-0.05, 0) is 25.1 Å². The number of hydrogen-bond acceptors (Lipinski definition) is 5. The molecule has 6 heteroatoms. The second-order valence-electron chi connectivity index (χ2n) is 5.02. The number of methoxy groups -OCH3 is 3. The molecule has 1 N–H and O–H groups in total. The first-order chi connectivity index (χ1) is 11.6. The lowest BCUT2D eigenvalue weighted by atomic mass is 10.1. The highest BCUT2D eigenvalue weighted by Gasteiger charge is 2.10. The zero-order chi connectivity index (χ0) is 17.5. The normalized spacial score (nSPS) is 10.5. The number of hydrogen-bond donors (Lipinski definition) is 1. The Balaban J connectivity index is 2.17. The molecule has 0 heterocycles. The highest BCUT2D eigenvalue weighted by atomic mass is 16.5. The van der Waals surface area contributed by atoms with Crippen LogP contribution in [0.15, 0.2) is 41.5 Å². The lowest BCUT2D eigenvalue weighted by Gasteiger charge is -2.11. The average molecular weight is 328 g/mol. The van der Waals surface area contributed by atoms with Gasteiger partial charge in [-0.3, -0.25) is 4.79 Å². The second-order valence-corrected chi connectivity index (χ2v) is 5.02. The molecule has 126 valence electrons. The lowest BCUT2D eigenvalue weighted by molar-refractivity contribution is 0.0955. The number of carbonyl (C=O) groups is 1. The molecule has 0 saturated heterocycles. The number of nitrogens with zero attached hydrogens (tertiary/aromatic N) is 1. The van der Waals surface area contributed by atoms with Crippen molar-refractivity contribution in [1.29, 1.82) is 0 Å². The SMILES string of the molecule is COc1cc(OC)c(OC)cc1C=NNC(=O)c1cccc(C)c1. The highest BCUT2D eigenvalue weighted by molar-refractivity contribution is 5.95. The molecule has 0 saturated carbocycles. The summed E-state index contributed by atoms with van der Waals surface area (Å²) in [4.78, 5) is 12.1. The molecule has 0 aliphatic carbocycles. The van der Waals surface area contributed by atoms with Crippen molar-refractivity contribution in [3.63, 3.8) is 0 Å². The van der Waals surface area contributed by atoms with Crippen molar-refractivity contribution in [1.82, 2.24) is 5.43 Å². The predicted octanol–water partition coefficient (Wildman–Crippen LogP) is 2.78. The molecular weight excluding hydrogens is 308 g/mol. The van der Waals surface area contributed by atoms with Gasteiger partial charge < -0.3 is 14.2 Å². The van der Waals surface area contributed by atoms with Crippen LogP contribution in [-0.2, 0) is 0 Å². The van der Waals surface area contributed by atoms with Crippen LogP contribution in [0.2, 0.25) is 0 Å². The molecule has 24 heavy (non-hydrogen) atoms. The summed E-state index contributed by atoms with van der Waals surface area (Å²) >= 11 is 0. The Bertz CT molecular complexity index is 757. The zero-order valence-electron chi connectivity index (χ0n) is 14.1. The van der Waals surface area contributed by atoms with Gasteiger partial charge in [0.25, 0.3) is 5.91 Å². The van der Waals surface area contributed by atoms with Crippen LogP contribution < -0.4 is 19.6 Å². The van der Waals surface area contributed by atoms with Gasteiger partial charge in [-0.25, -0.2) is 5.43 Å². The first kappa shape index (κ1) is 17.3. The Hall–Kier alpha value is -3.02. The van der Waals surface area contributed by atoms with E-state index in [2.05, 4.69) is 10.5 Å². The first-order valence-electron chi connectivity index (χ1n) is 7.29. The third-order valence-electron chi connectivity index (χ3n) is 3.39. The van der Waals surface area contributed by atoms with Gasteiger partial charge in [0, 0.05) is 17.2 Å². The van der Waals surface area contributed by atoms with Gasteiger partial charge in [-0.15, -0.1) is 0 Å². The van der Waals surface area contributed by atoms with E-state index in [1.165, 1.54) is 6.21 Å². The standard InChI is InChI=1S/C18H20N2O4/c1-12-6-5-7-13(8-12)18(21)20-19-11-14-9-16(23-3)17(24-4)10-15(14)22-2/h5-11H,1-4H3,(H,20,21). The second kappa shape index (κ2) is 8.01. The van der Waals surface area contributed by atoms with Crippen molar-refractivity contribution in [2.75, 3.05) is 21.3 Å². The van der Waals surface area contributed by atoms with Gasteiger partial charge in [0.15, 0.2) is 11.5 Å². The molecule has 0 spiro atoms. The average Bonchev–Trinajstić information content (AvgIpc) is 2.61. The summed E-state index contributed by atoms with van der Waals surface area (Å²) in [6.07, 6.45) is 1.49. The molecule has 0 radical (unpaired) electrons. The first-order valence-corrected chi connectivity index (χ1v) is 7.29. The van der Waals surface area contributed by atoms with E-state index in [-0.39, 0.29) is 5.91 Å². The van der Waals surface area contributed by atoms with E-state index in [1.807, 2.05) is 19.1 Å². The maximum absolute atomic E-state index is 12.1. The fourth-order valence-corrected chi connectivity index (χ4v) is 2.17. The van der Waals surface area contributed by atoms with Crippen molar-refractivity contribution < 1.29 is 19.0 Å². The lowest BCUT2D eigenvalue weighted by Crippen LogP contribution is -2.17. The minimum Gasteiger partial charge on any atom is -0.496 e. The van der Waals surface area contributed by atoms with Gasteiger partial charge in [0.1, 0.15) is 5.75 Å². The minimum atomic E-state index is -0.283. The minimum absolute atomic E-state index is 0.283. The van der Waals surface area contributed by atoms with Crippen LogP contribution in [0, 0.1) is 6.92 Å². The largest absolute Gasteiger partial charge is 0.496 e. The van der Waals surface area contributed by atoms with Crippen molar-refractivity contribution >= 4 is 12.1 Å². The summed E-state index contributed by atoms with van der Waals surface area (Å²) in [5.74, 6) is 1.37. The molecule has 0 fully saturated rings. The molecule has 1 amide bonds.